The van der Waals surface area contributed by atoms with Gasteiger partial charge in [0.1, 0.15) is 0 Å². The Bertz CT molecular complexity index is 1020. The van der Waals surface area contributed by atoms with Gasteiger partial charge in [0.05, 0.1) is 50.6 Å². The average Bonchev–Trinajstić information content (AvgIpc) is 2.86. The molecule has 0 radical (unpaired) electrons. The molecule has 8 heteroatoms. The van der Waals surface area contributed by atoms with Gasteiger partial charge in [-0.2, -0.15) is 0 Å². The van der Waals surface area contributed by atoms with Crippen LogP contribution in [0.15, 0.2) is 41.7 Å². The first-order chi connectivity index (χ1) is 17.3. The Hall–Kier alpha value is -3.00. The van der Waals surface area contributed by atoms with Crippen molar-refractivity contribution >= 4 is 11.9 Å². The zero-order valence-corrected chi connectivity index (χ0v) is 21.2. The van der Waals surface area contributed by atoms with E-state index in [1.807, 2.05) is 0 Å². The number of carbonyl (C=O) groups is 2. The molecule has 36 heavy (non-hydrogen) atoms. The number of phenols is 1. The standard InChI is InChI=1S/C28H35NO7/c1-33-24-5-4-20(11-23(24)30)25-21(26(31)34-2)15-29(16-22(25)27(32)35-3)6-7-36-28-12-17-8-18(13-28)10-19(9-17)14-28/h4-5,11,15-19,25,30H,6-10,12-14H2,1-3H3. The van der Waals surface area contributed by atoms with Crippen LogP contribution in [0.1, 0.15) is 50.0 Å². The molecule has 5 aliphatic rings. The van der Waals surface area contributed by atoms with Gasteiger partial charge in [0.25, 0.3) is 0 Å². The lowest BCUT2D eigenvalue weighted by atomic mass is 9.54. The maximum absolute atomic E-state index is 12.8. The molecule has 8 nitrogen and oxygen atoms in total. The van der Waals surface area contributed by atoms with Gasteiger partial charge in [-0.1, -0.05) is 6.07 Å². The predicted octanol–water partition coefficient (Wildman–Crippen LogP) is 3.90. The number of aromatic hydroxyl groups is 1. The molecular formula is C28H35NO7. The molecule has 4 fully saturated rings. The normalized spacial score (nSPS) is 29.0. The number of phenolic OH excluding ortho intramolecular Hbond substituents is 1. The second-order valence-corrected chi connectivity index (χ2v) is 10.7. The van der Waals surface area contributed by atoms with Gasteiger partial charge in [0, 0.05) is 18.9 Å². The van der Waals surface area contributed by atoms with E-state index in [4.69, 9.17) is 18.9 Å². The van der Waals surface area contributed by atoms with Crippen molar-refractivity contribution in [1.29, 1.82) is 0 Å². The number of benzene rings is 1. The van der Waals surface area contributed by atoms with Crippen molar-refractivity contribution in [3.8, 4) is 11.5 Å². The van der Waals surface area contributed by atoms with Crippen LogP contribution in [0.5, 0.6) is 11.5 Å². The molecule has 0 unspecified atom stereocenters. The SMILES string of the molecule is COC(=O)C1=CN(CCOC23CC4CC(CC(C4)C2)C3)C=C(C(=O)OC)C1c1ccc(OC)c(O)c1. The minimum atomic E-state index is -0.762. The van der Waals surface area contributed by atoms with Gasteiger partial charge >= 0.3 is 11.9 Å². The Balaban J connectivity index is 1.38. The monoisotopic (exact) mass is 497 g/mol. The fourth-order valence-electron chi connectivity index (χ4n) is 7.24. The molecule has 0 saturated heterocycles. The summed E-state index contributed by atoms with van der Waals surface area (Å²) in [6.07, 6.45) is 10.9. The molecule has 1 N–H and O–H groups in total. The van der Waals surface area contributed by atoms with Crippen molar-refractivity contribution in [3.05, 3.63) is 47.3 Å². The van der Waals surface area contributed by atoms with Gasteiger partial charge in [0.2, 0.25) is 0 Å². The highest BCUT2D eigenvalue weighted by atomic mass is 16.5. The predicted molar refractivity (Wildman–Crippen MR) is 131 cm³/mol. The lowest BCUT2D eigenvalue weighted by Gasteiger charge is -2.56. The van der Waals surface area contributed by atoms with Gasteiger partial charge in [-0.05, 0) is 74.0 Å². The first kappa shape index (κ1) is 24.7. The Labute approximate surface area is 211 Å². The molecule has 0 amide bonds. The summed E-state index contributed by atoms with van der Waals surface area (Å²) in [5.74, 6) is 0.717. The lowest BCUT2D eigenvalue weighted by Crippen LogP contribution is -2.52. The molecule has 1 aliphatic heterocycles. The van der Waals surface area contributed by atoms with Crippen molar-refractivity contribution in [3.63, 3.8) is 0 Å². The Morgan fingerprint density at radius 2 is 1.50 bits per heavy atom. The molecule has 4 aliphatic carbocycles. The second kappa shape index (κ2) is 9.81. The van der Waals surface area contributed by atoms with Crippen molar-refractivity contribution in [1.82, 2.24) is 4.90 Å². The van der Waals surface area contributed by atoms with E-state index in [1.165, 1.54) is 46.7 Å². The topological polar surface area (TPSA) is 94.5 Å². The minimum absolute atomic E-state index is 0.0164. The minimum Gasteiger partial charge on any atom is -0.504 e. The number of hydrogen-bond acceptors (Lipinski definition) is 8. The summed E-state index contributed by atoms with van der Waals surface area (Å²) in [6, 6.07) is 4.80. The van der Waals surface area contributed by atoms with Gasteiger partial charge in [-0.25, -0.2) is 9.59 Å². The molecular weight excluding hydrogens is 462 g/mol. The summed E-state index contributed by atoms with van der Waals surface area (Å²) in [5.41, 5.74) is 1.09. The fraction of sp³-hybridized carbons (Fsp3) is 0.571. The maximum Gasteiger partial charge on any atom is 0.336 e. The summed E-state index contributed by atoms with van der Waals surface area (Å²) in [5, 5.41) is 10.3. The van der Waals surface area contributed by atoms with E-state index in [-0.39, 0.29) is 22.5 Å². The highest BCUT2D eigenvalue weighted by Gasteiger charge is 2.51. The summed E-state index contributed by atoms with van der Waals surface area (Å²) < 4.78 is 21.8. The highest BCUT2D eigenvalue weighted by molar-refractivity contribution is 5.98. The third-order valence-corrected chi connectivity index (χ3v) is 8.35. The summed E-state index contributed by atoms with van der Waals surface area (Å²) in [4.78, 5) is 27.5. The van der Waals surface area contributed by atoms with Gasteiger partial charge in [0.15, 0.2) is 11.5 Å². The highest BCUT2D eigenvalue weighted by Crippen LogP contribution is 2.57. The molecule has 1 aromatic carbocycles. The molecule has 4 saturated carbocycles. The van der Waals surface area contributed by atoms with Crippen LogP contribution in [0, 0.1) is 17.8 Å². The molecule has 4 bridgehead atoms. The Morgan fingerprint density at radius 1 is 0.944 bits per heavy atom. The quantitative estimate of drug-likeness (QED) is 0.541. The molecule has 6 rings (SSSR count). The number of hydrogen-bond donors (Lipinski definition) is 1. The van der Waals surface area contributed by atoms with Gasteiger partial charge in [-0.15, -0.1) is 0 Å². The smallest absolute Gasteiger partial charge is 0.336 e. The first-order valence-corrected chi connectivity index (χ1v) is 12.7. The van der Waals surface area contributed by atoms with Crippen molar-refractivity contribution in [2.75, 3.05) is 34.5 Å². The number of ether oxygens (including phenoxy) is 4. The van der Waals surface area contributed by atoms with E-state index < -0.39 is 17.9 Å². The van der Waals surface area contributed by atoms with Crippen LogP contribution in [0.2, 0.25) is 0 Å². The van der Waals surface area contributed by atoms with Crippen LogP contribution >= 0.6 is 0 Å². The summed E-state index contributed by atoms with van der Waals surface area (Å²) in [6.45, 7) is 0.985. The van der Waals surface area contributed by atoms with Crippen molar-refractivity contribution in [2.45, 2.75) is 50.0 Å². The van der Waals surface area contributed by atoms with E-state index in [9.17, 15) is 14.7 Å². The fourth-order valence-corrected chi connectivity index (χ4v) is 7.24. The van der Waals surface area contributed by atoms with Gasteiger partial charge in [-0.3, -0.25) is 0 Å². The third kappa shape index (κ3) is 4.59. The Morgan fingerprint density at radius 3 is 1.97 bits per heavy atom. The van der Waals surface area contributed by atoms with E-state index in [1.54, 1.807) is 29.4 Å². The van der Waals surface area contributed by atoms with E-state index >= 15 is 0 Å². The zero-order valence-electron chi connectivity index (χ0n) is 21.2. The van der Waals surface area contributed by atoms with Crippen LogP contribution in [-0.4, -0.2) is 62.0 Å². The average molecular weight is 498 g/mol. The van der Waals surface area contributed by atoms with E-state index in [0.29, 0.717) is 24.5 Å². The second-order valence-electron chi connectivity index (χ2n) is 10.7. The summed E-state index contributed by atoms with van der Waals surface area (Å²) >= 11 is 0. The number of methoxy groups -OCH3 is 3. The van der Waals surface area contributed by atoms with Crippen LogP contribution in [-0.2, 0) is 23.8 Å². The van der Waals surface area contributed by atoms with Crippen LogP contribution in [0.3, 0.4) is 0 Å². The third-order valence-electron chi connectivity index (χ3n) is 8.35. The molecule has 1 heterocycles. The molecule has 0 spiro atoms. The summed E-state index contributed by atoms with van der Waals surface area (Å²) in [7, 11) is 4.07. The number of nitrogens with zero attached hydrogens (tertiary/aromatic N) is 1. The van der Waals surface area contributed by atoms with E-state index in [2.05, 4.69) is 0 Å². The van der Waals surface area contributed by atoms with Crippen LogP contribution < -0.4 is 4.74 Å². The van der Waals surface area contributed by atoms with Crippen molar-refractivity contribution < 1.29 is 33.6 Å². The van der Waals surface area contributed by atoms with Crippen LogP contribution in [0.25, 0.3) is 0 Å². The van der Waals surface area contributed by atoms with E-state index in [0.717, 1.165) is 37.0 Å². The molecule has 0 atom stereocenters. The molecule has 194 valence electrons. The largest absolute Gasteiger partial charge is 0.504 e. The van der Waals surface area contributed by atoms with Crippen LogP contribution in [0.4, 0.5) is 0 Å². The lowest BCUT2D eigenvalue weighted by molar-refractivity contribution is -0.162. The zero-order chi connectivity index (χ0) is 25.4. The maximum atomic E-state index is 12.8. The Kier molecular flexibility index (Phi) is 6.72. The molecule has 0 aromatic heterocycles. The number of rotatable bonds is 8. The first-order valence-electron chi connectivity index (χ1n) is 12.7. The molecule has 1 aromatic rings. The van der Waals surface area contributed by atoms with Gasteiger partial charge < -0.3 is 29.0 Å². The number of esters is 2. The van der Waals surface area contributed by atoms with Crippen molar-refractivity contribution in [2.24, 2.45) is 17.8 Å². The number of carbonyl (C=O) groups excluding carboxylic acids is 2.